The summed E-state index contributed by atoms with van der Waals surface area (Å²) in [6.45, 7) is 8.45. The fourth-order valence-electron chi connectivity index (χ4n) is 2.42. The van der Waals surface area contributed by atoms with Gasteiger partial charge in [-0.05, 0) is 36.8 Å². The summed E-state index contributed by atoms with van der Waals surface area (Å²) in [5.41, 5.74) is 2.11. The van der Waals surface area contributed by atoms with Gasteiger partial charge in [-0.25, -0.2) is 0 Å². The van der Waals surface area contributed by atoms with E-state index in [4.69, 9.17) is 9.47 Å². The Bertz CT molecular complexity index is 522. The zero-order chi connectivity index (χ0) is 17.9. The first-order chi connectivity index (χ1) is 11.4. The summed E-state index contributed by atoms with van der Waals surface area (Å²) in [5, 5.41) is 0. The lowest BCUT2D eigenvalue weighted by atomic mass is 10.0. The molecule has 0 aliphatic rings. The van der Waals surface area contributed by atoms with Crippen LogP contribution < -0.4 is 0 Å². The van der Waals surface area contributed by atoms with Crippen molar-refractivity contribution in [3.05, 3.63) is 35.4 Å². The van der Waals surface area contributed by atoms with Gasteiger partial charge in [-0.1, -0.05) is 51.5 Å². The maximum absolute atomic E-state index is 11.9. The maximum Gasteiger partial charge on any atom is 0.306 e. The molecule has 0 saturated heterocycles. The summed E-state index contributed by atoms with van der Waals surface area (Å²) in [6.07, 6.45) is 2.79. The van der Waals surface area contributed by atoms with Crippen molar-refractivity contribution in [3.63, 3.8) is 0 Å². The van der Waals surface area contributed by atoms with E-state index in [-0.39, 0.29) is 37.5 Å². The van der Waals surface area contributed by atoms with Crippen LogP contribution in [0.4, 0.5) is 0 Å². The van der Waals surface area contributed by atoms with E-state index in [1.165, 1.54) is 0 Å². The first-order valence-electron chi connectivity index (χ1n) is 8.83. The van der Waals surface area contributed by atoms with Crippen molar-refractivity contribution in [2.75, 3.05) is 0 Å². The summed E-state index contributed by atoms with van der Waals surface area (Å²) in [7, 11) is 0. The predicted octanol–water partition coefficient (Wildman–Crippen LogP) is 4.58. The molecular formula is C20H30O4. The van der Waals surface area contributed by atoms with Gasteiger partial charge in [-0.2, -0.15) is 0 Å². The Balaban J connectivity index is 2.25. The number of benzene rings is 1. The Morgan fingerprint density at radius 3 is 2.38 bits per heavy atom. The topological polar surface area (TPSA) is 52.6 Å². The molecule has 0 radical (unpaired) electrons. The number of carbonyl (C=O) groups excluding carboxylic acids is 2. The van der Waals surface area contributed by atoms with Gasteiger partial charge in [0.05, 0.1) is 0 Å². The van der Waals surface area contributed by atoms with Gasteiger partial charge in [-0.15, -0.1) is 0 Å². The molecule has 1 aromatic rings. The number of aryl methyl sites for hydroxylation is 1. The van der Waals surface area contributed by atoms with Crippen LogP contribution in [-0.4, -0.2) is 18.0 Å². The summed E-state index contributed by atoms with van der Waals surface area (Å²) in [4.78, 5) is 23.6. The van der Waals surface area contributed by atoms with Gasteiger partial charge < -0.3 is 9.47 Å². The Morgan fingerprint density at radius 1 is 1.08 bits per heavy atom. The fourth-order valence-corrected chi connectivity index (χ4v) is 2.42. The molecular weight excluding hydrogens is 304 g/mol. The van der Waals surface area contributed by atoms with Gasteiger partial charge >= 0.3 is 11.9 Å². The van der Waals surface area contributed by atoms with Gasteiger partial charge in [-0.3, -0.25) is 9.59 Å². The minimum Gasteiger partial charge on any atom is -0.462 e. The molecule has 4 heteroatoms. The number of carbonyl (C=O) groups is 2. The summed E-state index contributed by atoms with van der Waals surface area (Å²) < 4.78 is 10.7. The number of rotatable bonds is 10. The molecule has 1 rings (SSSR count). The molecule has 0 aromatic heterocycles. The van der Waals surface area contributed by atoms with Gasteiger partial charge in [0.25, 0.3) is 0 Å². The molecule has 0 aliphatic carbocycles. The number of ether oxygens (including phenoxy) is 2. The number of hydrogen-bond acceptors (Lipinski definition) is 4. The standard InChI is InChI=1S/C20H30O4/c1-5-9-18(15(2)3)24-20(22)13-8-12-19(21)23-14-17-11-7-6-10-16(17)4/h6-7,10-11,15,18H,5,8-9,12-14H2,1-4H3. The highest BCUT2D eigenvalue weighted by Crippen LogP contribution is 2.15. The molecule has 0 N–H and O–H groups in total. The highest BCUT2D eigenvalue weighted by atomic mass is 16.5. The van der Waals surface area contributed by atoms with E-state index in [1.54, 1.807) is 0 Å². The molecule has 0 spiro atoms. The second-order valence-electron chi connectivity index (χ2n) is 6.50. The lowest BCUT2D eigenvalue weighted by molar-refractivity contribution is -0.152. The average Bonchev–Trinajstić information content (AvgIpc) is 2.53. The van der Waals surface area contributed by atoms with Crippen molar-refractivity contribution < 1.29 is 19.1 Å². The molecule has 0 fully saturated rings. The molecule has 1 unspecified atom stereocenters. The minimum absolute atomic E-state index is 0.0319. The SMILES string of the molecule is CCCC(OC(=O)CCCC(=O)OCc1ccccc1C)C(C)C. The van der Waals surface area contributed by atoms with E-state index in [0.717, 1.165) is 24.0 Å². The highest BCUT2D eigenvalue weighted by Gasteiger charge is 2.17. The molecule has 0 amide bonds. The molecule has 1 aromatic carbocycles. The quantitative estimate of drug-likeness (QED) is 0.588. The predicted molar refractivity (Wildman–Crippen MR) is 94.5 cm³/mol. The van der Waals surface area contributed by atoms with Crippen LogP contribution in [0.5, 0.6) is 0 Å². The molecule has 134 valence electrons. The molecule has 0 bridgehead atoms. The minimum atomic E-state index is -0.278. The zero-order valence-corrected chi connectivity index (χ0v) is 15.3. The Labute approximate surface area is 145 Å². The third-order valence-electron chi connectivity index (χ3n) is 4.01. The fraction of sp³-hybridized carbons (Fsp3) is 0.600. The van der Waals surface area contributed by atoms with Crippen molar-refractivity contribution in [2.45, 2.75) is 72.5 Å². The zero-order valence-electron chi connectivity index (χ0n) is 15.3. The maximum atomic E-state index is 11.9. The molecule has 0 heterocycles. The Kier molecular flexibility index (Phi) is 9.13. The molecule has 0 saturated carbocycles. The third-order valence-corrected chi connectivity index (χ3v) is 4.01. The van der Waals surface area contributed by atoms with E-state index in [9.17, 15) is 9.59 Å². The second kappa shape index (κ2) is 10.8. The number of esters is 2. The Morgan fingerprint density at radius 2 is 1.75 bits per heavy atom. The van der Waals surface area contributed by atoms with Crippen molar-refractivity contribution in [2.24, 2.45) is 5.92 Å². The van der Waals surface area contributed by atoms with Crippen molar-refractivity contribution in [1.29, 1.82) is 0 Å². The highest BCUT2D eigenvalue weighted by molar-refractivity contribution is 5.72. The van der Waals surface area contributed by atoms with E-state index in [0.29, 0.717) is 12.3 Å². The summed E-state index contributed by atoms with van der Waals surface area (Å²) >= 11 is 0. The Hall–Kier alpha value is -1.84. The first kappa shape index (κ1) is 20.2. The molecule has 0 aliphatic heterocycles. The average molecular weight is 334 g/mol. The lowest BCUT2D eigenvalue weighted by Gasteiger charge is -2.20. The van der Waals surface area contributed by atoms with Crippen LogP contribution in [0.2, 0.25) is 0 Å². The van der Waals surface area contributed by atoms with Crippen LogP contribution in [0, 0.1) is 12.8 Å². The normalized spacial score (nSPS) is 12.0. The number of hydrogen-bond donors (Lipinski definition) is 0. The van der Waals surface area contributed by atoms with Crippen molar-refractivity contribution in [3.8, 4) is 0 Å². The van der Waals surface area contributed by atoms with Gasteiger partial charge in [0, 0.05) is 12.8 Å². The largest absolute Gasteiger partial charge is 0.462 e. The lowest BCUT2D eigenvalue weighted by Crippen LogP contribution is -2.23. The van der Waals surface area contributed by atoms with E-state index >= 15 is 0 Å². The van der Waals surface area contributed by atoms with Crippen LogP contribution in [0.15, 0.2) is 24.3 Å². The van der Waals surface area contributed by atoms with Crippen LogP contribution in [-0.2, 0) is 25.7 Å². The monoisotopic (exact) mass is 334 g/mol. The summed E-state index contributed by atoms with van der Waals surface area (Å²) in [6, 6.07) is 7.81. The molecule has 24 heavy (non-hydrogen) atoms. The van der Waals surface area contributed by atoms with Crippen molar-refractivity contribution in [1.82, 2.24) is 0 Å². The third kappa shape index (κ3) is 7.62. The van der Waals surface area contributed by atoms with E-state index in [2.05, 4.69) is 20.8 Å². The van der Waals surface area contributed by atoms with Gasteiger partial charge in [0.1, 0.15) is 12.7 Å². The van der Waals surface area contributed by atoms with Crippen LogP contribution in [0.25, 0.3) is 0 Å². The van der Waals surface area contributed by atoms with Crippen LogP contribution in [0.1, 0.15) is 64.0 Å². The second-order valence-corrected chi connectivity index (χ2v) is 6.50. The first-order valence-corrected chi connectivity index (χ1v) is 8.83. The molecule has 4 nitrogen and oxygen atoms in total. The summed E-state index contributed by atoms with van der Waals surface area (Å²) in [5.74, 6) is -0.193. The van der Waals surface area contributed by atoms with Crippen LogP contribution in [0.3, 0.4) is 0 Å². The van der Waals surface area contributed by atoms with Crippen LogP contribution >= 0.6 is 0 Å². The molecule has 1 atom stereocenters. The van der Waals surface area contributed by atoms with E-state index in [1.807, 2.05) is 31.2 Å². The van der Waals surface area contributed by atoms with Gasteiger partial charge in [0.2, 0.25) is 0 Å². The smallest absolute Gasteiger partial charge is 0.306 e. The van der Waals surface area contributed by atoms with Crippen molar-refractivity contribution >= 4 is 11.9 Å². The van der Waals surface area contributed by atoms with E-state index < -0.39 is 0 Å². The van der Waals surface area contributed by atoms with Gasteiger partial charge in [0.15, 0.2) is 0 Å².